The summed E-state index contributed by atoms with van der Waals surface area (Å²) >= 11 is 0. The van der Waals surface area contributed by atoms with Gasteiger partial charge in [0.05, 0.1) is 0 Å². The van der Waals surface area contributed by atoms with E-state index in [1.54, 1.807) is 0 Å². The Bertz CT molecular complexity index is 427. The quantitative estimate of drug-likeness (QED) is 0.568. The molecule has 0 atom stereocenters. The topological polar surface area (TPSA) is 46.2 Å². The Morgan fingerprint density at radius 2 is 1.94 bits per heavy atom. The summed E-state index contributed by atoms with van der Waals surface area (Å²) in [6.45, 7) is 6.69. The smallest absolute Gasteiger partial charge is 0.231 e. The number of nitrogens with one attached hydrogen (secondary N) is 1. The summed E-state index contributed by atoms with van der Waals surface area (Å²) < 4.78 is 0. The van der Waals surface area contributed by atoms with Crippen molar-refractivity contribution in [1.82, 2.24) is 5.32 Å². The highest BCUT2D eigenvalue weighted by molar-refractivity contribution is 6.50. The van der Waals surface area contributed by atoms with Gasteiger partial charge in [-0.25, -0.2) is 0 Å². The van der Waals surface area contributed by atoms with Crippen LogP contribution >= 0.6 is 0 Å². The van der Waals surface area contributed by atoms with Crippen LogP contribution in [-0.4, -0.2) is 18.1 Å². The molecule has 0 bridgehead atoms. The first-order valence-corrected chi connectivity index (χ1v) is 5.87. The van der Waals surface area contributed by atoms with Crippen LogP contribution in [0.5, 0.6) is 0 Å². The second-order valence-corrected chi connectivity index (χ2v) is 4.59. The van der Waals surface area contributed by atoms with Gasteiger partial charge in [0.15, 0.2) is 0 Å². The molecule has 1 saturated heterocycles. The molecule has 0 aromatic heterocycles. The van der Waals surface area contributed by atoms with Crippen molar-refractivity contribution >= 4 is 11.6 Å². The Kier molecular flexibility index (Phi) is 2.70. The first-order valence-electron chi connectivity index (χ1n) is 5.87. The molecule has 0 unspecified atom stereocenters. The molecule has 1 heterocycles. The first-order chi connectivity index (χ1) is 7.57. The van der Waals surface area contributed by atoms with Crippen molar-refractivity contribution < 1.29 is 9.59 Å². The molecule has 1 fully saturated rings. The van der Waals surface area contributed by atoms with E-state index in [4.69, 9.17) is 0 Å². The van der Waals surface area contributed by atoms with E-state index in [2.05, 4.69) is 5.32 Å². The van der Waals surface area contributed by atoms with E-state index in [1.165, 1.54) is 0 Å². The predicted molar refractivity (Wildman–Crippen MR) is 61.8 cm³/mol. The number of rotatable bonds is 2. The third-order valence-corrected chi connectivity index (χ3v) is 3.27. The molecule has 0 spiro atoms. The van der Waals surface area contributed by atoms with Crippen LogP contribution in [0, 0.1) is 5.92 Å². The average Bonchev–Trinajstić information content (AvgIpc) is 2.67. The minimum absolute atomic E-state index is 0.102. The van der Waals surface area contributed by atoms with Gasteiger partial charge in [0.2, 0.25) is 11.6 Å². The van der Waals surface area contributed by atoms with E-state index in [9.17, 15) is 9.59 Å². The summed E-state index contributed by atoms with van der Waals surface area (Å²) in [5, 5.41) is 3.25. The number of allylic oxidation sites excluding steroid dienone is 3. The minimum atomic E-state index is -0.306. The molecule has 3 nitrogen and oxygen atoms in total. The van der Waals surface area contributed by atoms with Crippen LogP contribution in [0.25, 0.3) is 0 Å². The molecule has 2 aliphatic rings. The molecule has 0 radical (unpaired) electrons. The second kappa shape index (κ2) is 3.89. The lowest BCUT2D eigenvalue weighted by Gasteiger charge is -2.21. The molecule has 1 aliphatic carbocycles. The fourth-order valence-electron chi connectivity index (χ4n) is 2.54. The second-order valence-electron chi connectivity index (χ2n) is 4.59. The maximum absolute atomic E-state index is 12.0. The van der Waals surface area contributed by atoms with Gasteiger partial charge < -0.3 is 5.32 Å². The van der Waals surface area contributed by atoms with Crippen molar-refractivity contribution in [3.63, 3.8) is 0 Å². The number of carbonyl (C=O) groups excluding carboxylic acids is 2. The SMILES string of the molecule is CCC1=C2CCNC2=C(C(C)C)C(=O)C1=O. The molecule has 16 heavy (non-hydrogen) atoms. The van der Waals surface area contributed by atoms with Gasteiger partial charge in [0.25, 0.3) is 0 Å². The monoisotopic (exact) mass is 219 g/mol. The van der Waals surface area contributed by atoms with Crippen LogP contribution in [0.3, 0.4) is 0 Å². The van der Waals surface area contributed by atoms with Crippen molar-refractivity contribution in [2.24, 2.45) is 5.92 Å². The van der Waals surface area contributed by atoms with Gasteiger partial charge in [0, 0.05) is 23.4 Å². The van der Waals surface area contributed by atoms with Gasteiger partial charge in [0.1, 0.15) is 0 Å². The average molecular weight is 219 g/mol. The van der Waals surface area contributed by atoms with E-state index in [-0.39, 0.29) is 17.5 Å². The van der Waals surface area contributed by atoms with Crippen molar-refractivity contribution in [3.05, 3.63) is 22.4 Å². The fraction of sp³-hybridized carbons (Fsp3) is 0.538. The Balaban J connectivity index is 2.63. The summed E-state index contributed by atoms with van der Waals surface area (Å²) in [6.07, 6.45) is 1.52. The Labute approximate surface area is 95.6 Å². The van der Waals surface area contributed by atoms with E-state index in [0.29, 0.717) is 12.0 Å². The third-order valence-electron chi connectivity index (χ3n) is 3.27. The number of Topliss-reactive ketones (excluding diaryl/α,β-unsaturated/α-hetero) is 2. The van der Waals surface area contributed by atoms with Crippen molar-refractivity contribution in [3.8, 4) is 0 Å². The first kappa shape index (κ1) is 11.1. The lowest BCUT2D eigenvalue weighted by atomic mass is 9.82. The largest absolute Gasteiger partial charge is 0.384 e. The van der Waals surface area contributed by atoms with E-state index in [0.717, 1.165) is 29.8 Å². The number of fused-ring (bicyclic) bond motifs is 1. The van der Waals surface area contributed by atoms with E-state index >= 15 is 0 Å². The standard InChI is InChI=1S/C13H17NO2/c1-4-8-9-5-6-14-11(9)10(7(2)3)13(16)12(8)15/h7,14H,4-6H2,1-3H3. The van der Waals surface area contributed by atoms with Crippen LogP contribution in [0.1, 0.15) is 33.6 Å². The summed E-state index contributed by atoms with van der Waals surface area (Å²) in [7, 11) is 0. The van der Waals surface area contributed by atoms with E-state index < -0.39 is 0 Å². The van der Waals surface area contributed by atoms with Gasteiger partial charge >= 0.3 is 0 Å². The van der Waals surface area contributed by atoms with Gasteiger partial charge in [-0.15, -0.1) is 0 Å². The molecule has 86 valence electrons. The minimum Gasteiger partial charge on any atom is -0.384 e. The highest BCUT2D eigenvalue weighted by Gasteiger charge is 2.36. The molecule has 0 saturated carbocycles. The van der Waals surface area contributed by atoms with E-state index in [1.807, 2.05) is 20.8 Å². The molecule has 0 aromatic rings. The van der Waals surface area contributed by atoms with Gasteiger partial charge in [-0.05, 0) is 24.3 Å². The molecule has 2 rings (SSSR count). The van der Waals surface area contributed by atoms with Crippen LogP contribution in [-0.2, 0) is 9.59 Å². The maximum atomic E-state index is 12.0. The summed E-state index contributed by atoms with van der Waals surface area (Å²) in [5.41, 5.74) is 3.41. The number of hydrogen-bond donors (Lipinski definition) is 1. The van der Waals surface area contributed by atoms with Gasteiger partial charge in [-0.1, -0.05) is 20.8 Å². The molecule has 0 aromatic carbocycles. The molecular weight excluding hydrogens is 202 g/mol. The van der Waals surface area contributed by atoms with Gasteiger partial charge in [-0.2, -0.15) is 0 Å². The summed E-state index contributed by atoms with van der Waals surface area (Å²) in [4.78, 5) is 23.9. The number of carbonyl (C=O) groups is 2. The Morgan fingerprint density at radius 1 is 1.25 bits per heavy atom. The zero-order chi connectivity index (χ0) is 11.9. The summed E-state index contributed by atoms with van der Waals surface area (Å²) in [6, 6.07) is 0. The highest BCUT2D eigenvalue weighted by atomic mass is 16.2. The molecule has 1 aliphatic heterocycles. The third kappa shape index (κ3) is 1.42. The Hall–Kier alpha value is -1.38. The van der Waals surface area contributed by atoms with Crippen molar-refractivity contribution in [1.29, 1.82) is 0 Å². The lowest BCUT2D eigenvalue weighted by Crippen LogP contribution is -2.29. The number of hydrogen-bond acceptors (Lipinski definition) is 3. The zero-order valence-corrected chi connectivity index (χ0v) is 10.0. The van der Waals surface area contributed by atoms with Crippen LogP contribution in [0.15, 0.2) is 22.4 Å². The molecular formula is C13H17NO2. The van der Waals surface area contributed by atoms with Crippen LogP contribution in [0.4, 0.5) is 0 Å². The fourth-order valence-corrected chi connectivity index (χ4v) is 2.54. The zero-order valence-electron chi connectivity index (χ0n) is 10.0. The maximum Gasteiger partial charge on any atom is 0.231 e. The molecule has 3 heteroatoms. The normalized spacial score (nSPS) is 20.8. The summed E-state index contributed by atoms with van der Waals surface area (Å²) in [5.74, 6) is -0.487. The van der Waals surface area contributed by atoms with Crippen LogP contribution < -0.4 is 5.32 Å². The van der Waals surface area contributed by atoms with Crippen molar-refractivity contribution in [2.45, 2.75) is 33.6 Å². The predicted octanol–water partition coefficient (Wildman–Crippen LogP) is 1.75. The van der Waals surface area contributed by atoms with Crippen LogP contribution in [0.2, 0.25) is 0 Å². The number of ketones is 2. The van der Waals surface area contributed by atoms with Crippen molar-refractivity contribution in [2.75, 3.05) is 6.54 Å². The highest BCUT2D eigenvalue weighted by Crippen LogP contribution is 2.34. The lowest BCUT2D eigenvalue weighted by molar-refractivity contribution is -0.132. The molecule has 1 N–H and O–H groups in total. The molecule has 0 amide bonds. The Morgan fingerprint density at radius 3 is 2.50 bits per heavy atom. The van der Waals surface area contributed by atoms with Gasteiger partial charge in [-0.3, -0.25) is 9.59 Å².